The van der Waals surface area contributed by atoms with Gasteiger partial charge in [-0.3, -0.25) is 0 Å². The van der Waals surface area contributed by atoms with Crippen molar-refractivity contribution >= 4 is 17.4 Å². The Hall–Kier alpha value is -0.800. The van der Waals surface area contributed by atoms with E-state index in [1.165, 1.54) is 12.8 Å². The normalized spacial score (nSPS) is 15.2. The second-order valence-electron chi connectivity index (χ2n) is 5.13. The molecule has 1 N–H and O–H groups in total. The van der Waals surface area contributed by atoms with Crippen LogP contribution < -0.4 is 10.2 Å². The third-order valence-electron chi connectivity index (χ3n) is 3.30. The van der Waals surface area contributed by atoms with Crippen LogP contribution >= 0.6 is 11.6 Å². The predicted octanol–water partition coefficient (Wildman–Crippen LogP) is 3.22. The molecule has 0 aliphatic heterocycles. The zero-order valence-electron chi connectivity index (χ0n) is 11.4. The first-order chi connectivity index (χ1) is 8.61. The Morgan fingerprint density at radius 2 is 2.17 bits per heavy atom. The summed E-state index contributed by atoms with van der Waals surface area (Å²) in [5, 5.41) is 4.22. The number of halogens is 1. The minimum Gasteiger partial charge on any atom is -0.354 e. The van der Waals surface area contributed by atoms with Crippen LogP contribution in [0.3, 0.4) is 0 Å². The van der Waals surface area contributed by atoms with E-state index in [2.05, 4.69) is 31.0 Å². The molecule has 4 heteroatoms. The summed E-state index contributed by atoms with van der Waals surface area (Å²) in [6.45, 7) is 8.25. The van der Waals surface area contributed by atoms with Crippen molar-refractivity contribution < 1.29 is 0 Å². The van der Waals surface area contributed by atoms with Crippen LogP contribution in [0.15, 0.2) is 12.1 Å². The molecule has 0 saturated heterocycles. The van der Waals surface area contributed by atoms with Crippen LogP contribution in [0.1, 0.15) is 39.3 Å². The molecule has 0 bridgehead atoms. The van der Waals surface area contributed by atoms with Crippen LogP contribution in [0.4, 0.5) is 5.82 Å². The van der Waals surface area contributed by atoms with Crippen molar-refractivity contribution in [3.8, 4) is 0 Å². The number of hydrogen-bond donors (Lipinski definition) is 1. The standard InChI is InChI=1S/C14H22ClN3/c1-4-18(10(2)3)14-8-7-12(15)13(17-14)9-16-11-5-6-11/h7-8,10-11,16H,4-6,9H2,1-3H3. The SMILES string of the molecule is CCN(c1ccc(Cl)c(CNC2CC2)n1)C(C)C. The van der Waals surface area contributed by atoms with E-state index in [4.69, 9.17) is 16.6 Å². The van der Waals surface area contributed by atoms with Crippen LogP contribution in [0.5, 0.6) is 0 Å². The van der Waals surface area contributed by atoms with Gasteiger partial charge in [-0.15, -0.1) is 0 Å². The number of rotatable bonds is 6. The third-order valence-corrected chi connectivity index (χ3v) is 3.64. The summed E-state index contributed by atoms with van der Waals surface area (Å²) >= 11 is 6.21. The zero-order chi connectivity index (χ0) is 13.1. The van der Waals surface area contributed by atoms with Gasteiger partial charge >= 0.3 is 0 Å². The van der Waals surface area contributed by atoms with E-state index in [1.807, 2.05) is 12.1 Å². The van der Waals surface area contributed by atoms with E-state index in [-0.39, 0.29) is 0 Å². The van der Waals surface area contributed by atoms with Crippen molar-refractivity contribution in [1.82, 2.24) is 10.3 Å². The number of pyridine rings is 1. The van der Waals surface area contributed by atoms with E-state index in [1.54, 1.807) is 0 Å². The van der Waals surface area contributed by atoms with Gasteiger partial charge < -0.3 is 10.2 Å². The van der Waals surface area contributed by atoms with Crippen molar-refractivity contribution in [2.75, 3.05) is 11.4 Å². The highest BCUT2D eigenvalue weighted by Crippen LogP contribution is 2.23. The van der Waals surface area contributed by atoms with Gasteiger partial charge in [-0.2, -0.15) is 0 Å². The number of aromatic nitrogens is 1. The van der Waals surface area contributed by atoms with Crippen molar-refractivity contribution in [2.24, 2.45) is 0 Å². The highest BCUT2D eigenvalue weighted by molar-refractivity contribution is 6.31. The molecule has 1 saturated carbocycles. The number of anilines is 1. The zero-order valence-corrected chi connectivity index (χ0v) is 12.2. The largest absolute Gasteiger partial charge is 0.354 e. The molecular weight excluding hydrogens is 246 g/mol. The van der Waals surface area contributed by atoms with Gasteiger partial charge in [0, 0.05) is 25.2 Å². The first-order valence-corrected chi connectivity index (χ1v) is 7.15. The first kappa shape index (κ1) is 13.6. The van der Waals surface area contributed by atoms with E-state index < -0.39 is 0 Å². The number of hydrogen-bond acceptors (Lipinski definition) is 3. The molecule has 0 unspecified atom stereocenters. The Balaban J connectivity index is 2.12. The molecule has 0 radical (unpaired) electrons. The van der Waals surface area contributed by atoms with Gasteiger partial charge in [0.15, 0.2) is 0 Å². The van der Waals surface area contributed by atoms with Crippen molar-refractivity contribution in [3.05, 3.63) is 22.8 Å². The van der Waals surface area contributed by atoms with E-state index >= 15 is 0 Å². The summed E-state index contributed by atoms with van der Waals surface area (Å²) < 4.78 is 0. The van der Waals surface area contributed by atoms with Crippen molar-refractivity contribution in [3.63, 3.8) is 0 Å². The number of nitrogens with zero attached hydrogens (tertiary/aromatic N) is 2. The lowest BCUT2D eigenvalue weighted by molar-refractivity contribution is 0.662. The minimum atomic E-state index is 0.452. The quantitative estimate of drug-likeness (QED) is 0.858. The predicted molar refractivity (Wildman–Crippen MR) is 77.3 cm³/mol. The molecular formula is C14H22ClN3. The third kappa shape index (κ3) is 3.36. The molecule has 0 amide bonds. The van der Waals surface area contributed by atoms with Gasteiger partial charge in [0.05, 0.1) is 10.7 Å². The molecule has 1 aliphatic rings. The molecule has 1 aromatic rings. The maximum absolute atomic E-state index is 6.21. The van der Waals surface area contributed by atoms with Crippen LogP contribution in [-0.2, 0) is 6.54 Å². The number of nitrogens with one attached hydrogen (secondary N) is 1. The van der Waals surface area contributed by atoms with E-state index in [9.17, 15) is 0 Å². The van der Waals surface area contributed by atoms with Gasteiger partial charge in [-0.1, -0.05) is 11.6 Å². The fraction of sp³-hybridized carbons (Fsp3) is 0.643. The summed E-state index contributed by atoms with van der Waals surface area (Å²) in [7, 11) is 0. The molecule has 2 rings (SSSR count). The fourth-order valence-corrected chi connectivity index (χ4v) is 2.25. The summed E-state index contributed by atoms with van der Waals surface area (Å²) in [5.41, 5.74) is 0.958. The summed E-state index contributed by atoms with van der Waals surface area (Å²) in [5.74, 6) is 1.02. The lowest BCUT2D eigenvalue weighted by Gasteiger charge is -2.26. The van der Waals surface area contributed by atoms with Gasteiger partial charge in [0.25, 0.3) is 0 Å². The second-order valence-corrected chi connectivity index (χ2v) is 5.54. The second kappa shape index (κ2) is 5.89. The topological polar surface area (TPSA) is 28.2 Å². The van der Waals surface area contributed by atoms with Crippen molar-refractivity contribution in [1.29, 1.82) is 0 Å². The Morgan fingerprint density at radius 1 is 1.44 bits per heavy atom. The minimum absolute atomic E-state index is 0.452. The maximum Gasteiger partial charge on any atom is 0.129 e. The highest BCUT2D eigenvalue weighted by Gasteiger charge is 2.21. The van der Waals surface area contributed by atoms with Crippen LogP contribution in [0.25, 0.3) is 0 Å². The van der Waals surface area contributed by atoms with Crippen molar-refractivity contribution in [2.45, 2.75) is 52.2 Å². The molecule has 100 valence electrons. The summed E-state index contributed by atoms with van der Waals surface area (Å²) in [4.78, 5) is 6.97. The Bertz CT molecular complexity index is 402. The van der Waals surface area contributed by atoms with Crippen LogP contribution in [0, 0.1) is 0 Å². The van der Waals surface area contributed by atoms with Gasteiger partial charge in [0.1, 0.15) is 5.82 Å². The molecule has 1 aliphatic carbocycles. The smallest absolute Gasteiger partial charge is 0.129 e. The van der Waals surface area contributed by atoms with Crippen LogP contribution in [-0.4, -0.2) is 23.6 Å². The van der Waals surface area contributed by atoms with Gasteiger partial charge in [-0.05, 0) is 45.7 Å². The average Bonchev–Trinajstić information content (AvgIpc) is 3.14. The van der Waals surface area contributed by atoms with E-state index in [0.717, 1.165) is 29.6 Å². The highest BCUT2D eigenvalue weighted by atomic mass is 35.5. The van der Waals surface area contributed by atoms with Gasteiger partial charge in [0.2, 0.25) is 0 Å². The Kier molecular flexibility index (Phi) is 4.46. The van der Waals surface area contributed by atoms with E-state index in [0.29, 0.717) is 12.1 Å². The molecule has 1 aromatic heterocycles. The molecule has 0 atom stereocenters. The molecule has 1 fully saturated rings. The average molecular weight is 268 g/mol. The first-order valence-electron chi connectivity index (χ1n) is 6.77. The Labute approximate surface area is 115 Å². The fourth-order valence-electron chi connectivity index (χ4n) is 2.08. The maximum atomic E-state index is 6.21. The molecule has 3 nitrogen and oxygen atoms in total. The Morgan fingerprint density at radius 3 is 2.72 bits per heavy atom. The molecule has 1 heterocycles. The molecule has 0 spiro atoms. The molecule has 18 heavy (non-hydrogen) atoms. The lowest BCUT2D eigenvalue weighted by Crippen LogP contribution is -2.31. The molecule has 0 aromatic carbocycles. The monoisotopic (exact) mass is 267 g/mol. The lowest BCUT2D eigenvalue weighted by atomic mass is 10.2. The van der Waals surface area contributed by atoms with Crippen LogP contribution in [0.2, 0.25) is 5.02 Å². The summed E-state index contributed by atoms with van der Waals surface area (Å²) in [6, 6.07) is 5.09. The summed E-state index contributed by atoms with van der Waals surface area (Å²) in [6.07, 6.45) is 2.56. The van der Waals surface area contributed by atoms with Gasteiger partial charge in [-0.25, -0.2) is 4.98 Å².